The van der Waals surface area contributed by atoms with Gasteiger partial charge in [0.25, 0.3) is 0 Å². The van der Waals surface area contributed by atoms with Crippen molar-refractivity contribution in [2.24, 2.45) is 10.9 Å². The standard InChI is InChI=1S/C24H31BN2/c1-17(2)21-8-10-22(11-9-21)24-12-7-20(16-27-24)13-18(3)26-15-19-5-4-6-23(25)14-19/h4-6,8,10,14,16-17,26H,3,7,9,11-13,15,25H2,1-2H3. The van der Waals surface area contributed by atoms with Gasteiger partial charge in [-0.3, -0.25) is 4.99 Å². The van der Waals surface area contributed by atoms with Crippen LogP contribution in [-0.2, 0) is 6.54 Å². The molecular formula is C24H31BN2. The average molecular weight is 358 g/mol. The van der Waals surface area contributed by atoms with E-state index in [0.29, 0.717) is 5.92 Å². The quantitative estimate of drug-likeness (QED) is 0.720. The van der Waals surface area contributed by atoms with Crippen molar-refractivity contribution < 1.29 is 0 Å². The number of hydrogen-bond acceptors (Lipinski definition) is 2. The maximum atomic E-state index is 4.78. The second-order valence-corrected chi connectivity index (χ2v) is 8.07. The van der Waals surface area contributed by atoms with Crippen LogP contribution in [0.15, 0.2) is 76.6 Å². The molecule has 0 aromatic heterocycles. The van der Waals surface area contributed by atoms with Crippen molar-refractivity contribution in [3.8, 4) is 0 Å². The van der Waals surface area contributed by atoms with Crippen LogP contribution in [-0.4, -0.2) is 13.6 Å². The lowest BCUT2D eigenvalue weighted by Gasteiger charge is -2.21. The Morgan fingerprint density at radius 3 is 2.67 bits per heavy atom. The Morgan fingerprint density at radius 1 is 1.19 bits per heavy atom. The summed E-state index contributed by atoms with van der Waals surface area (Å²) in [4.78, 5) is 4.78. The van der Waals surface area contributed by atoms with E-state index in [1.807, 2.05) is 0 Å². The zero-order valence-corrected chi connectivity index (χ0v) is 17.0. The fourth-order valence-electron chi connectivity index (χ4n) is 3.72. The highest BCUT2D eigenvalue weighted by Crippen LogP contribution is 2.28. The molecule has 1 aliphatic heterocycles. The number of allylic oxidation sites excluding steroid dienone is 5. The summed E-state index contributed by atoms with van der Waals surface area (Å²) in [6.07, 6.45) is 12.0. The molecule has 0 spiro atoms. The Balaban J connectivity index is 1.53. The first kappa shape index (κ1) is 19.5. The van der Waals surface area contributed by atoms with Gasteiger partial charge in [0.15, 0.2) is 0 Å². The molecule has 2 nitrogen and oxygen atoms in total. The summed E-state index contributed by atoms with van der Waals surface area (Å²) in [7, 11) is 2.13. The van der Waals surface area contributed by atoms with Crippen molar-refractivity contribution in [2.45, 2.75) is 52.5 Å². The van der Waals surface area contributed by atoms with Crippen LogP contribution in [0.1, 0.15) is 51.5 Å². The summed E-state index contributed by atoms with van der Waals surface area (Å²) in [5.74, 6) is 0.654. The van der Waals surface area contributed by atoms with Crippen molar-refractivity contribution >= 4 is 19.0 Å². The van der Waals surface area contributed by atoms with E-state index in [9.17, 15) is 0 Å². The zero-order chi connectivity index (χ0) is 19.2. The van der Waals surface area contributed by atoms with E-state index in [4.69, 9.17) is 4.99 Å². The van der Waals surface area contributed by atoms with Gasteiger partial charge in [-0.15, -0.1) is 0 Å². The molecule has 1 heterocycles. The SMILES string of the molecule is Bc1cccc(CNC(=C)CC2=CN=C(C3=CC=C(C(C)C)CC3)CC2)c1. The Labute approximate surface area is 165 Å². The van der Waals surface area contributed by atoms with Crippen LogP contribution in [0.4, 0.5) is 0 Å². The van der Waals surface area contributed by atoms with E-state index >= 15 is 0 Å². The van der Waals surface area contributed by atoms with Crippen molar-refractivity contribution in [3.63, 3.8) is 0 Å². The number of rotatable bonds is 7. The molecule has 1 N–H and O–H groups in total. The van der Waals surface area contributed by atoms with E-state index in [1.54, 1.807) is 5.57 Å². The molecule has 1 aromatic carbocycles. The van der Waals surface area contributed by atoms with Gasteiger partial charge < -0.3 is 5.32 Å². The van der Waals surface area contributed by atoms with Gasteiger partial charge in [-0.2, -0.15) is 0 Å². The van der Waals surface area contributed by atoms with Crippen LogP contribution in [0.2, 0.25) is 0 Å². The van der Waals surface area contributed by atoms with Gasteiger partial charge >= 0.3 is 0 Å². The Hall–Kier alpha value is -2.29. The molecule has 0 unspecified atom stereocenters. The topological polar surface area (TPSA) is 24.4 Å². The number of aliphatic imine (C=N–C) groups is 1. The summed E-state index contributed by atoms with van der Waals surface area (Å²) >= 11 is 0. The van der Waals surface area contributed by atoms with Gasteiger partial charge in [-0.25, -0.2) is 0 Å². The van der Waals surface area contributed by atoms with E-state index in [2.05, 4.69) is 76.2 Å². The monoisotopic (exact) mass is 358 g/mol. The zero-order valence-electron chi connectivity index (χ0n) is 17.0. The van der Waals surface area contributed by atoms with Gasteiger partial charge in [0.05, 0.1) is 0 Å². The number of nitrogens with zero attached hydrogens (tertiary/aromatic N) is 1. The van der Waals surface area contributed by atoms with E-state index in [-0.39, 0.29) is 0 Å². The molecule has 0 atom stereocenters. The van der Waals surface area contributed by atoms with E-state index in [1.165, 1.54) is 34.3 Å². The molecule has 0 bridgehead atoms. The van der Waals surface area contributed by atoms with Crippen LogP contribution >= 0.6 is 0 Å². The maximum absolute atomic E-state index is 4.78. The smallest absolute Gasteiger partial charge is 0.139 e. The molecule has 27 heavy (non-hydrogen) atoms. The van der Waals surface area contributed by atoms with Gasteiger partial charge in [-0.1, -0.05) is 67.9 Å². The number of hydrogen-bond donors (Lipinski definition) is 1. The predicted molar refractivity (Wildman–Crippen MR) is 120 cm³/mol. The van der Waals surface area contributed by atoms with Gasteiger partial charge in [0.2, 0.25) is 0 Å². The molecule has 0 radical (unpaired) electrons. The van der Waals surface area contributed by atoms with Crippen LogP contribution in [0.25, 0.3) is 0 Å². The second kappa shape index (κ2) is 9.08. The fourth-order valence-corrected chi connectivity index (χ4v) is 3.72. The normalized spacial score (nSPS) is 17.0. The summed E-state index contributed by atoms with van der Waals surface area (Å²) in [6.45, 7) is 9.58. The van der Waals surface area contributed by atoms with Gasteiger partial charge in [0.1, 0.15) is 7.85 Å². The molecule has 3 heteroatoms. The van der Waals surface area contributed by atoms with Crippen LogP contribution in [0.3, 0.4) is 0 Å². The largest absolute Gasteiger partial charge is 0.384 e. The van der Waals surface area contributed by atoms with Crippen LogP contribution in [0, 0.1) is 5.92 Å². The summed E-state index contributed by atoms with van der Waals surface area (Å²) < 4.78 is 0. The maximum Gasteiger partial charge on any atom is 0.139 e. The summed E-state index contributed by atoms with van der Waals surface area (Å²) in [5.41, 5.74) is 9.29. The first-order chi connectivity index (χ1) is 13.0. The molecule has 140 valence electrons. The van der Waals surface area contributed by atoms with Gasteiger partial charge in [-0.05, 0) is 48.3 Å². The third kappa shape index (κ3) is 5.59. The summed E-state index contributed by atoms with van der Waals surface area (Å²) in [6, 6.07) is 8.60. The summed E-state index contributed by atoms with van der Waals surface area (Å²) in [5, 5.41) is 3.46. The van der Waals surface area contributed by atoms with Crippen molar-refractivity contribution in [3.05, 3.63) is 77.2 Å². The molecule has 2 aliphatic rings. The minimum atomic E-state index is 0.654. The lowest BCUT2D eigenvalue weighted by molar-refractivity contribution is 0.704. The lowest BCUT2D eigenvalue weighted by atomic mass is 9.87. The molecule has 0 amide bonds. The minimum Gasteiger partial charge on any atom is -0.384 e. The van der Waals surface area contributed by atoms with Crippen molar-refractivity contribution in [2.75, 3.05) is 0 Å². The molecule has 3 rings (SSSR count). The van der Waals surface area contributed by atoms with Gasteiger partial charge in [0, 0.05) is 30.6 Å². The lowest BCUT2D eigenvalue weighted by Crippen LogP contribution is -2.15. The first-order valence-corrected chi connectivity index (χ1v) is 10.1. The van der Waals surface area contributed by atoms with Crippen LogP contribution in [0.5, 0.6) is 0 Å². The van der Waals surface area contributed by atoms with Crippen molar-refractivity contribution in [1.29, 1.82) is 0 Å². The third-order valence-electron chi connectivity index (χ3n) is 5.45. The molecule has 1 aliphatic carbocycles. The molecule has 0 fully saturated rings. The molecule has 0 saturated carbocycles. The predicted octanol–water partition coefficient (Wildman–Crippen LogP) is 4.36. The molecule has 1 aromatic rings. The Kier molecular flexibility index (Phi) is 6.55. The fraction of sp³-hybridized carbons (Fsp3) is 0.375. The highest BCUT2D eigenvalue weighted by molar-refractivity contribution is 6.32. The highest BCUT2D eigenvalue weighted by Gasteiger charge is 2.16. The Morgan fingerprint density at radius 2 is 2.04 bits per heavy atom. The Bertz CT molecular complexity index is 825. The molecule has 0 saturated heterocycles. The third-order valence-corrected chi connectivity index (χ3v) is 5.45. The van der Waals surface area contributed by atoms with Crippen LogP contribution < -0.4 is 10.8 Å². The number of benzene rings is 1. The van der Waals surface area contributed by atoms with E-state index in [0.717, 1.165) is 37.9 Å². The first-order valence-electron chi connectivity index (χ1n) is 10.1. The second-order valence-electron chi connectivity index (χ2n) is 8.07. The van der Waals surface area contributed by atoms with Crippen molar-refractivity contribution in [1.82, 2.24) is 5.32 Å². The average Bonchev–Trinajstić information content (AvgIpc) is 2.67. The number of nitrogens with one attached hydrogen (secondary N) is 1. The molecular weight excluding hydrogens is 327 g/mol. The minimum absolute atomic E-state index is 0.654. The van der Waals surface area contributed by atoms with E-state index < -0.39 is 0 Å². The highest BCUT2D eigenvalue weighted by atomic mass is 14.9.